The van der Waals surface area contributed by atoms with Crippen LogP contribution in [0.5, 0.6) is 0 Å². The van der Waals surface area contributed by atoms with Crippen molar-refractivity contribution in [2.75, 3.05) is 31.1 Å². The van der Waals surface area contributed by atoms with Gasteiger partial charge in [0.05, 0.1) is 0 Å². The van der Waals surface area contributed by atoms with Gasteiger partial charge in [0.15, 0.2) is 17.2 Å². The Hall–Kier alpha value is -1.83. The van der Waals surface area contributed by atoms with Crippen LogP contribution in [0, 0.1) is 0 Å². The molecule has 0 bridgehead atoms. The Morgan fingerprint density at radius 3 is 2.43 bits per heavy atom. The van der Waals surface area contributed by atoms with Crippen LogP contribution in [-0.4, -0.2) is 51.5 Å². The minimum Gasteiger partial charge on any atom is -0.351 e. The summed E-state index contributed by atoms with van der Waals surface area (Å²) in [4.78, 5) is 12.6. The monoisotopic (exact) mass is 325 g/mol. The fourth-order valence-electron chi connectivity index (χ4n) is 3.32. The second kappa shape index (κ2) is 5.36. The number of hydrogen-bond acceptors (Lipinski definition) is 4. The zero-order valence-corrected chi connectivity index (χ0v) is 12.6. The van der Waals surface area contributed by atoms with Crippen molar-refractivity contribution >= 4 is 11.5 Å². The van der Waals surface area contributed by atoms with Crippen LogP contribution < -0.4 is 4.90 Å². The highest BCUT2D eigenvalue weighted by atomic mass is 19.4. The Morgan fingerprint density at radius 2 is 1.83 bits per heavy atom. The van der Waals surface area contributed by atoms with Gasteiger partial charge in [-0.2, -0.15) is 13.2 Å². The van der Waals surface area contributed by atoms with Crippen LogP contribution in [0.15, 0.2) is 18.6 Å². The molecule has 2 aromatic heterocycles. The molecule has 0 radical (unpaired) electrons. The normalized spacial score (nSPS) is 20.9. The first-order valence-electron chi connectivity index (χ1n) is 7.92. The minimum absolute atomic E-state index is 0.275. The maximum Gasteiger partial charge on any atom is 0.434 e. The lowest BCUT2D eigenvalue weighted by Gasteiger charge is -2.43. The Balaban J connectivity index is 1.58. The van der Waals surface area contributed by atoms with Crippen LogP contribution >= 0.6 is 0 Å². The molecule has 8 heteroatoms. The largest absolute Gasteiger partial charge is 0.434 e. The Labute approximate surface area is 131 Å². The predicted octanol–water partition coefficient (Wildman–Crippen LogP) is 2.42. The highest BCUT2D eigenvalue weighted by molar-refractivity contribution is 5.64. The quantitative estimate of drug-likeness (QED) is 0.850. The molecule has 1 aliphatic carbocycles. The van der Waals surface area contributed by atoms with Gasteiger partial charge in [-0.1, -0.05) is 6.42 Å². The third kappa shape index (κ3) is 2.65. The molecule has 1 saturated heterocycles. The Bertz CT molecular complexity index is 699. The van der Waals surface area contributed by atoms with Crippen LogP contribution in [-0.2, 0) is 6.18 Å². The molecular weight excluding hydrogens is 307 g/mol. The van der Waals surface area contributed by atoms with Crippen molar-refractivity contribution in [1.29, 1.82) is 0 Å². The molecule has 0 N–H and O–H groups in total. The molecule has 124 valence electrons. The number of piperazine rings is 1. The number of aromatic nitrogens is 3. The molecular formula is C15H18F3N5. The second-order valence-electron chi connectivity index (χ2n) is 6.21. The molecule has 1 aliphatic heterocycles. The summed E-state index contributed by atoms with van der Waals surface area (Å²) in [6.45, 7) is 3.41. The number of fused-ring (bicyclic) bond motifs is 1. The van der Waals surface area contributed by atoms with E-state index in [0.717, 1.165) is 32.4 Å². The molecule has 5 nitrogen and oxygen atoms in total. The van der Waals surface area contributed by atoms with E-state index in [-0.39, 0.29) is 5.65 Å². The van der Waals surface area contributed by atoms with Crippen LogP contribution in [0.3, 0.4) is 0 Å². The highest BCUT2D eigenvalue weighted by Crippen LogP contribution is 2.31. The van der Waals surface area contributed by atoms with Gasteiger partial charge in [-0.15, -0.1) is 0 Å². The molecule has 0 amide bonds. The second-order valence-corrected chi connectivity index (χ2v) is 6.21. The predicted molar refractivity (Wildman–Crippen MR) is 79.4 cm³/mol. The van der Waals surface area contributed by atoms with E-state index in [1.54, 1.807) is 0 Å². The average molecular weight is 325 g/mol. The summed E-state index contributed by atoms with van der Waals surface area (Å²) in [5.41, 5.74) is -0.600. The number of rotatable bonds is 2. The zero-order valence-electron chi connectivity index (χ0n) is 12.6. The number of imidazole rings is 1. The number of halogens is 3. The van der Waals surface area contributed by atoms with Crippen LogP contribution in [0.4, 0.5) is 19.0 Å². The first kappa shape index (κ1) is 14.7. The van der Waals surface area contributed by atoms with Crippen molar-refractivity contribution in [2.24, 2.45) is 0 Å². The number of anilines is 1. The number of hydrogen-bond donors (Lipinski definition) is 0. The van der Waals surface area contributed by atoms with E-state index >= 15 is 0 Å². The highest BCUT2D eigenvalue weighted by Gasteiger charge is 2.35. The molecule has 0 unspecified atom stereocenters. The molecule has 0 atom stereocenters. The summed E-state index contributed by atoms with van der Waals surface area (Å²) in [5.74, 6) is 0.538. The first-order chi connectivity index (χ1) is 11.0. The minimum atomic E-state index is -4.44. The van der Waals surface area contributed by atoms with Crippen molar-refractivity contribution in [3.05, 3.63) is 24.3 Å². The summed E-state index contributed by atoms with van der Waals surface area (Å²) >= 11 is 0. The summed E-state index contributed by atoms with van der Waals surface area (Å²) in [5, 5.41) is 0. The molecule has 2 aromatic rings. The summed E-state index contributed by atoms with van der Waals surface area (Å²) in [6, 6.07) is 0.698. The third-order valence-corrected chi connectivity index (χ3v) is 4.85. The fourth-order valence-corrected chi connectivity index (χ4v) is 3.32. The van der Waals surface area contributed by atoms with Gasteiger partial charge < -0.3 is 9.30 Å². The summed E-state index contributed by atoms with van der Waals surface area (Å²) in [6.07, 6.45) is 3.46. The van der Waals surface area contributed by atoms with Crippen LogP contribution in [0.1, 0.15) is 25.0 Å². The van der Waals surface area contributed by atoms with E-state index in [4.69, 9.17) is 0 Å². The molecule has 0 spiro atoms. The van der Waals surface area contributed by atoms with Gasteiger partial charge in [-0.25, -0.2) is 9.97 Å². The van der Waals surface area contributed by atoms with Gasteiger partial charge in [0.2, 0.25) is 0 Å². The Kier molecular flexibility index (Phi) is 3.44. The van der Waals surface area contributed by atoms with Crippen LogP contribution in [0.2, 0.25) is 0 Å². The van der Waals surface area contributed by atoms with Gasteiger partial charge in [-0.3, -0.25) is 4.90 Å². The molecule has 1 saturated carbocycles. The third-order valence-electron chi connectivity index (χ3n) is 4.85. The summed E-state index contributed by atoms with van der Waals surface area (Å²) < 4.78 is 40.0. The average Bonchev–Trinajstić information content (AvgIpc) is 2.90. The zero-order chi connectivity index (χ0) is 16.0. The summed E-state index contributed by atoms with van der Waals surface area (Å²) in [7, 11) is 0. The standard InChI is InChI=1S/C15H18F3N5/c16-15(17,18)12-10-23-5-4-19-13(14(23)20-12)22-8-6-21(7-9-22)11-2-1-3-11/h4-5,10-11H,1-3,6-9H2. The van der Waals surface area contributed by atoms with Crippen molar-refractivity contribution < 1.29 is 13.2 Å². The van der Waals surface area contributed by atoms with Gasteiger partial charge in [0, 0.05) is 50.8 Å². The van der Waals surface area contributed by atoms with E-state index in [1.165, 1.54) is 36.1 Å². The maximum absolute atomic E-state index is 12.9. The molecule has 2 fully saturated rings. The van der Waals surface area contributed by atoms with Gasteiger partial charge >= 0.3 is 6.18 Å². The van der Waals surface area contributed by atoms with Crippen LogP contribution in [0.25, 0.3) is 5.65 Å². The van der Waals surface area contributed by atoms with Gasteiger partial charge in [0.25, 0.3) is 0 Å². The number of nitrogens with zero attached hydrogens (tertiary/aromatic N) is 5. The lowest BCUT2D eigenvalue weighted by atomic mass is 9.91. The molecule has 3 heterocycles. The Morgan fingerprint density at radius 1 is 1.09 bits per heavy atom. The van der Waals surface area contributed by atoms with Gasteiger partial charge in [0.1, 0.15) is 0 Å². The van der Waals surface area contributed by atoms with Crippen molar-refractivity contribution in [3.63, 3.8) is 0 Å². The smallest absolute Gasteiger partial charge is 0.351 e. The topological polar surface area (TPSA) is 36.7 Å². The molecule has 23 heavy (non-hydrogen) atoms. The van der Waals surface area contributed by atoms with Gasteiger partial charge in [-0.05, 0) is 12.8 Å². The van der Waals surface area contributed by atoms with Crippen molar-refractivity contribution in [3.8, 4) is 0 Å². The van der Waals surface area contributed by atoms with E-state index in [0.29, 0.717) is 11.9 Å². The lowest BCUT2D eigenvalue weighted by molar-refractivity contribution is -0.140. The lowest BCUT2D eigenvalue weighted by Crippen LogP contribution is -2.52. The molecule has 2 aliphatic rings. The molecule has 0 aromatic carbocycles. The first-order valence-corrected chi connectivity index (χ1v) is 7.92. The van der Waals surface area contributed by atoms with Crippen molar-refractivity contribution in [1.82, 2.24) is 19.3 Å². The molecule has 4 rings (SSSR count). The van der Waals surface area contributed by atoms with E-state index in [2.05, 4.69) is 14.9 Å². The maximum atomic E-state index is 12.9. The SMILES string of the molecule is FC(F)(F)c1cn2ccnc(N3CCN(C4CCC4)CC3)c2n1. The van der Waals surface area contributed by atoms with E-state index in [9.17, 15) is 13.2 Å². The van der Waals surface area contributed by atoms with E-state index < -0.39 is 11.9 Å². The number of alkyl halides is 3. The fraction of sp³-hybridized carbons (Fsp3) is 0.600. The van der Waals surface area contributed by atoms with E-state index in [1.807, 2.05) is 4.90 Å². The van der Waals surface area contributed by atoms with Crippen molar-refractivity contribution in [2.45, 2.75) is 31.5 Å².